The first-order chi connectivity index (χ1) is 9.02. The van der Waals surface area contributed by atoms with Crippen LogP contribution in [0.5, 0.6) is 5.75 Å². The van der Waals surface area contributed by atoms with E-state index in [1.54, 1.807) is 13.2 Å². The SMILES string of the molecule is COc1ccc(C(N)c2cc(F)ccc2Cl)cc1Br. The van der Waals surface area contributed by atoms with Gasteiger partial charge in [-0.15, -0.1) is 0 Å². The van der Waals surface area contributed by atoms with Crippen molar-refractivity contribution in [3.05, 3.63) is 62.8 Å². The van der Waals surface area contributed by atoms with Gasteiger partial charge < -0.3 is 10.5 Å². The molecule has 5 heteroatoms. The fourth-order valence-electron chi connectivity index (χ4n) is 1.81. The minimum atomic E-state index is -0.495. The Bertz CT molecular complexity index is 606. The zero-order valence-corrected chi connectivity index (χ0v) is 12.5. The van der Waals surface area contributed by atoms with Crippen LogP contribution in [0.1, 0.15) is 17.2 Å². The molecule has 0 saturated heterocycles. The van der Waals surface area contributed by atoms with Crippen LogP contribution < -0.4 is 10.5 Å². The molecule has 0 aliphatic heterocycles. The Morgan fingerprint density at radius 1 is 1.26 bits per heavy atom. The average molecular weight is 345 g/mol. The number of hydrogen-bond acceptors (Lipinski definition) is 2. The Balaban J connectivity index is 2.41. The summed E-state index contributed by atoms with van der Waals surface area (Å²) >= 11 is 9.45. The first-order valence-corrected chi connectivity index (χ1v) is 6.74. The summed E-state index contributed by atoms with van der Waals surface area (Å²) in [5.41, 5.74) is 7.51. The molecule has 0 aromatic heterocycles. The maximum absolute atomic E-state index is 13.3. The molecule has 1 unspecified atom stereocenters. The molecule has 2 N–H and O–H groups in total. The number of ether oxygens (including phenoxy) is 1. The smallest absolute Gasteiger partial charge is 0.133 e. The van der Waals surface area contributed by atoms with E-state index in [0.717, 1.165) is 10.0 Å². The summed E-state index contributed by atoms with van der Waals surface area (Å²) in [6, 6.07) is 9.13. The number of hydrogen-bond donors (Lipinski definition) is 1. The van der Waals surface area contributed by atoms with Crippen molar-refractivity contribution >= 4 is 27.5 Å². The molecular formula is C14H12BrClFNO. The number of nitrogens with two attached hydrogens (primary N) is 1. The summed E-state index contributed by atoms with van der Waals surface area (Å²) in [5.74, 6) is 0.351. The molecule has 0 aliphatic rings. The molecule has 0 fully saturated rings. The molecule has 0 spiro atoms. The molecule has 2 aromatic carbocycles. The van der Waals surface area contributed by atoms with Gasteiger partial charge in [0.15, 0.2) is 0 Å². The first-order valence-electron chi connectivity index (χ1n) is 5.57. The Morgan fingerprint density at radius 2 is 2.00 bits per heavy atom. The average Bonchev–Trinajstić information content (AvgIpc) is 2.40. The summed E-state index contributed by atoms with van der Waals surface area (Å²) in [5, 5.41) is 0.445. The molecule has 19 heavy (non-hydrogen) atoms. The molecule has 0 saturated carbocycles. The van der Waals surface area contributed by atoms with E-state index in [1.807, 2.05) is 12.1 Å². The highest BCUT2D eigenvalue weighted by atomic mass is 79.9. The van der Waals surface area contributed by atoms with Gasteiger partial charge in [-0.25, -0.2) is 4.39 Å². The van der Waals surface area contributed by atoms with Gasteiger partial charge in [-0.3, -0.25) is 0 Å². The normalized spacial score (nSPS) is 12.3. The van der Waals surface area contributed by atoms with Crippen LogP contribution in [0.15, 0.2) is 40.9 Å². The molecule has 0 heterocycles. The number of halogens is 3. The van der Waals surface area contributed by atoms with Crippen molar-refractivity contribution < 1.29 is 9.13 Å². The van der Waals surface area contributed by atoms with E-state index in [4.69, 9.17) is 22.1 Å². The van der Waals surface area contributed by atoms with Gasteiger partial charge >= 0.3 is 0 Å². The van der Waals surface area contributed by atoms with Gasteiger partial charge in [0.1, 0.15) is 11.6 Å². The molecule has 2 rings (SSSR count). The second kappa shape index (κ2) is 5.90. The largest absolute Gasteiger partial charge is 0.496 e. The van der Waals surface area contributed by atoms with E-state index in [-0.39, 0.29) is 5.82 Å². The van der Waals surface area contributed by atoms with Gasteiger partial charge in [0.05, 0.1) is 17.6 Å². The van der Waals surface area contributed by atoms with Gasteiger partial charge in [0, 0.05) is 5.02 Å². The van der Waals surface area contributed by atoms with Crippen molar-refractivity contribution in [3.63, 3.8) is 0 Å². The lowest BCUT2D eigenvalue weighted by Gasteiger charge is -2.15. The van der Waals surface area contributed by atoms with Gasteiger partial charge in [-0.05, 0) is 57.4 Å². The molecule has 0 bridgehead atoms. The van der Waals surface area contributed by atoms with Crippen molar-refractivity contribution in [2.45, 2.75) is 6.04 Å². The van der Waals surface area contributed by atoms with E-state index in [1.165, 1.54) is 18.2 Å². The van der Waals surface area contributed by atoms with Crippen molar-refractivity contribution in [1.82, 2.24) is 0 Å². The van der Waals surface area contributed by atoms with Crippen LogP contribution in [0.4, 0.5) is 4.39 Å². The number of rotatable bonds is 3. The number of methoxy groups -OCH3 is 1. The minimum absolute atomic E-state index is 0.359. The van der Waals surface area contributed by atoms with E-state index in [0.29, 0.717) is 16.3 Å². The molecule has 2 nitrogen and oxygen atoms in total. The quantitative estimate of drug-likeness (QED) is 0.901. The van der Waals surface area contributed by atoms with Crippen molar-refractivity contribution in [2.24, 2.45) is 5.73 Å². The highest BCUT2D eigenvalue weighted by Gasteiger charge is 2.15. The third-order valence-electron chi connectivity index (χ3n) is 2.83. The van der Waals surface area contributed by atoms with Gasteiger partial charge in [0.25, 0.3) is 0 Å². The Morgan fingerprint density at radius 3 is 2.63 bits per heavy atom. The fraction of sp³-hybridized carbons (Fsp3) is 0.143. The van der Waals surface area contributed by atoms with Crippen LogP contribution >= 0.6 is 27.5 Å². The summed E-state index contributed by atoms with van der Waals surface area (Å²) in [7, 11) is 1.59. The van der Waals surface area contributed by atoms with Crippen molar-refractivity contribution in [1.29, 1.82) is 0 Å². The molecule has 100 valence electrons. The first kappa shape index (κ1) is 14.3. The monoisotopic (exact) mass is 343 g/mol. The van der Waals surface area contributed by atoms with E-state index < -0.39 is 6.04 Å². The lowest BCUT2D eigenvalue weighted by Crippen LogP contribution is -2.12. The highest BCUT2D eigenvalue weighted by molar-refractivity contribution is 9.10. The third kappa shape index (κ3) is 3.08. The summed E-state index contributed by atoms with van der Waals surface area (Å²) in [6.07, 6.45) is 0. The van der Waals surface area contributed by atoms with Crippen molar-refractivity contribution in [2.75, 3.05) is 7.11 Å². The predicted molar refractivity (Wildman–Crippen MR) is 78.1 cm³/mol. The maximum Gasteiger partial charge on any atom is 0.133 e. The van der Waals surface area contributed by atoms with Gasteiger partial charge in [-0.1, -0.05) is 17.7 Å². The lowest BCUT2D eigenvalue weighted by atomic mass is 9.99. The van der Waals surface area contributed by atoms with Crippen LogP contribution in [0, 0.1) is 5.82 Å². The Labute approximate surface area is 124 Å². The second-order valence-electron chi connectivity index (χ2n) is 4.04. The van der Waals surface area contributed by atoms with Crippen LogP contribution in [-0.2, 0) is 0 Å². The summed E-state index contributed by atoms with van der Waals surface area (Å²) in [6.45, 7) is 0. The maximum atomic E-state index is 13.3. The van der Waals surface area contributed by atoms with Crippen molar-refractivity contribution in [3.8, 4) is 5.75 Å². The topological polar surface area (TPSA) is 35.2 Å². The minimum Gasteiger partial charge on any atom is -0.496 e. The van der Waals surface area contributed by atoms with Crippen LogP contribution in [0.2, 0.25) is 5.02 Å². The second-order valence-corrected chi connectivity index (χ2v) is 5.30. The fourth-order valence-corrected chi connectivity index (χ4v) is 2.60. The van der Waals surface area contributed by atoms with Crippen LogP contribution in [-0.4, -0.2) is 7.11 Å². The molecular weight excluding hydrogens is 333 g/mol. The van der Waals surface area contributed by atoms with E-state index in [9.17, 15) is 4.39 Å². The van der Waals surface area contributed by atoms with E-state index in [2.05, 4.69) is 15.9 Å². The predicted octanol–water partition coefficient (Wildman–Crippen LogP) is 4.30. The third-order valence-corrected chi connectivity index (χ3v) is 3.79. The molecule has 0 amide bonds. The summed E-state index contributed by atoms with van der Waals surface area (Å²) in [4.78, 5) is 0. The Hall–Kier alpha value is -1.10. The zero-order chi connectivity index (χ0) is 14.0. The summed E-state index contributed by atoms with van der Waals surface area (Å²) < 4.78 is 19.2. The van der Waals surface area contributed by atoms with Crippen LogP contribution in [0.25, 0.3) is 0 Å². The standard InChI is InChI=1S/C14H12BrClFNO/c1-19-13-5-2-8(6-11(13)15)14(18)10-7-9(17)3-4-12(10)16/h2-7,14H,18H2,1H3. The Kier molecular flexibility index (Phi) is 4.45. The molecule has 0 radical (unpaired) electrons. The van der Waals surface area contributed by atoms with Crippen LogP contribution in [0.3, 0.4) is 0 Å². The van der Waals surface area contributed by atoms with E-state index >= 15 is 0 Å². The van der Waals surface area contributed by atoms with Gasteiger partial charge in [0.2, 0.25) is 0 Å². The molecule has 2 aromatic rings. The highest BCUT2D eigenvalue weighted by Crippen LogP contribution is 2.32. The lowest BCUT2D eigenvalue weighted by molar-refractivity contribution is 0.412. The number of benzene rings is 2. The molecule has 1 atom stereocenters. The zero-order valence-electron chi connectivity index (χ0n) is 10.2. The van der Waals surface area contributed by atoms with Gasteiger partial charge in [-0.2, -0.15) is 0 Å². The molecule has 0 aliphatic carbocycles.